The van der Waals surface area contributed by atoms with Crippen molar-refractivity contribution in [2.24, 2.45) is 0 Å². The summed E-state index contributed by atoms with van der Waals surface area (Å²) in [6.45, 7) is 0. The van der Waals surface area contributed by atoms with Crippen LogP contribution in [0.5, 0.6) is 0 Å². The lowest BCUT2D eigenvalue weighted by Gasteiger charge is -2.34. The maximum atomic E-state index is 2.52. The highest BCUT2D eigenvalue weighted by molar-refractivity contribution is 6.08. The lowest BCUT2D eigenvalue weighted by Crippen LogP contribution is -2.26. The van der Waals surface area contributed by atoms with Crippen molar-refractivity contribution < 1.29 is 0 Å². The summed E-state index contributed by atoms with van der Waals surface area (Å²) >= 11 is 0. The number of rotatable bonds is 8. The van der Waals surface area contributed by atoms with Crippen molar-refractivity contribution in [3.63, 3.8) is 0 Å². The Morgan fingerprint density at radius 2 is 0.720 bits per heavy atom. The molecule has 1 unspecified atom stereocenters. The van der Waals surface area contributed by atoms with E-state index in [1.165, 1.54) is 99.1 Å². The van der Waals surface area contributed by atoms with Crippen molar-refractivity contribution in [1.29, 1.82) is 0 Å². The van der Waals surface area contributed by atoms with Gasteiger partial charge in [-0.05, 0) is 143 Å². The van der Waals surface area contributed by atoms with E-state index in [4.69, 9.17) is 0 Å². The molecule has 0 amide bonds. The molecular weight excluding hydrogens is 905 g/mol. The van der Waals surface area contributed by atoms with E-state index >= 15 is 0 Å². The van der Waals surface area contributed by atoms with Gasteiger partial charge in [0.05, 0.1) is 22.5 Å². The van der Waals surface area contributed by atoms with Crippen molar-refractivity contribution in [2.75, 3.05) is 9.80 Å². The molecule has 75 heavy (non-hydrogen) atoms. The standard InChI is InChI=1S/C73H48N2/c1-3-21-50(22-4-1)58-30-15-18-36-69(58)75(70-37-19-26-51-23-9-11-29-59(51)70)57-42-44-64-62-33-14-17-35-66(62)73(68(64)48-57)65-34-16-13-32-61(65)63-43-41-56(47-67(63)73)74(55-27-5-2-6-28-55)71-45-40-52-24-10-12-31-60(52)72(71)54-39-38-49-20-7-8-25-53(49)46-54/h1-48H. The molecule has 0 fully saturated rings. The minimum Gasteiger partial charge on any atom is -0.310 e. The number of fused-ring (bicyclic) bond motifs is 13. The van der Waals surface area contributed by atoms with Gasteiger partial charge < -0.3 is 9.80 Å². The Bertz CT molecular complexity index is 4370. The highest BCUT2D eigenvalue weighted by Crippen LogP contribution is 2.64. The van der Waals surface area contributed by atoms with Gasteiger partial charge in [0.1, 0.15) is 0 Å². The molecule has 0 radical (unpaired) electrons. The number of hydrogen-bond acceptors (Lipinski definition) is 2. The van der Waals surface area contributed by atoms with Crippen LogP contribution in [-0.4, -0.2) is 0 Å². The molecule has 2 aliphatic carbocycles. The smallest absolute Gasteiger partial charge is 0.0727 e. The molecule has 0 N–H and O–H groups in total. The van der Waals surface area contributed by atoms with E-state index < -0.39 is 5.41 Å². The van der Waals surface area contributed by atoms with E-state index in [1.807, 2.05) is 0 Å². The molecule has 0 aliphatic heterocycles. The fourth-order valence-electron chi connectivity index (χ4n) is 12.8. The molecule has 0 aromatic heterocycles. The Hall–Kier alpha value is -9.76. The molecule has 2 nitrogen and oxygen atoms in total. The lowest BCUT2D eigenvalue weighted by atomic mass is 9.70. The molecule has 13 aromatic carbocycles. The zero-order valence-corrected chi connectivity index (χ0v) is 41.1. The predicted octanol–water partition coefficient (Wildman–Crippen LogP) is 19.8. The Morgan fingerprint density at radius 3 is 1.43 bits per heavy atom. The molecule has 0 saturated carbocycles. The first-order valence-corrected chi connectivity index (χ1v) is 26.0. The second kappa shape index (κ2) is 17.2. The largest absolute Gasteiger partial charge is 0.310 e. The topological polar surface area (TPSA) is 6.48 Å². The zero-order chi connectivity index (χ0) is 49.5. The minimum absolute atomic E-state index is 0.639. The Balaban J connectivity index is 0.998. The number of benzene rings is 13. The van der Waals surface area contributed by atoms with Crippen LogP contribution in [0.2, 0.25) is 0 Å². The molecule has 0 heterocycles. The Morgan fingerprint density at radius 1 is 0.227 bits per heavy atom. The third-order valence-electron chi connectivity index (χ3n) is 16.0. The average molecular weight is 953 g/mol. The summed E-state index contributed by atoms with van der Waals surface area (Å²) in [6, 6.07) is 108. The fraction of sp³-hybridized carbons (Fsp3) is 0.0137. The second-order valence-electron chi connectivity index (χ2n) is 19.9. The summed E-state index contributed by atoms with van der Waals surface area (Å²) in [4.78, 5) is 5.00. The van der Waals surface area contributed by atoms with Crippen LogP contribution >= 0.6 is 0 Å². The second-order valence-corrected chi connectivity index (χ2v) is 19.9. The minimum atomic E-state index is -0.639. The average Bonchev–Trinajstić information content (AvgIpc) is 4.18. The van der Waals surface area contributed by atoms with E-state index in [0.717, 1.165) is 34.1 Å². The number of anilines is 6. The monoisotopic (exact) mass is 952 g/mol. The van der Waals surface area contributed by atoms with Gasteiger partial charge in [0.2, 0.25) is 0 Å². The lowest BCUT2D eigenvalue weighted by molar-refractivity contribution is 0.793. The van der Waals surface area contributed by atoms with Gasteiger partial charge in [-0.15, -0.1) is 0 Å². The van der Waals surface area contributed by atoms with E-state index in [-0.39, 0.29) is 0 Å². The normalized spacial score (nSPS) is 13.9. The highest BCUT2D eigenvalue weighted by Gasteiger charge is 2.52. The summed E-state index contributed by atoms with van der Waals surface area (Å²) < 4.78 is 0. The van der Waals surface area contributed by atoms with Gasteiger partial charge in [-0.25, -0.2) is 0 Å². The maximum Gasteiger partial charge on any atom is 0.0727 e. The molecule has 0 saturated heterocycles. The van der Waals surface area contributed by atoms with E-state index in [9.17, 15) is 0 Å². The summed E-state index contributed by atoms with van der Waals surface area (Å²) in [7, 11) is 0. The van der Waals surface area contributed by atoms with Gasteiger partial charge in [0, 0.05) is 33.6 Å². The third-order valence-corrected chi connectivity index (χ3v) is 16.0. The number of nitrogens with zero attached hydrogens (tertiary/aromatic N) is 2. The van der Waals surface area contributed by atoms with Crippen molar-refractivity contribution >= 4 is 66.4 Å². The van der Waals surface area contributed by atoms with Gasteiger partial charge in [-0.2, -0.15) is 0 Å². The van der Waals surface area contributed by atoms with Crippen molar-refractivity contribution in [3.05, 3.63) is 313 Å². The van der Waals surface area contributed by atoms with E-state index in [0.29, 0.717) is 0 Å². The zero-order valence-electron chi connectivity index (χ0n) is 41.1. The summed E-state index contributed by atoms with van der Waals surface area (Å²) in [5.74, 6) is 0. The summed E-state index contributed by atoms with van der Waals surface area (Å²) in [5.41, 5.74) is 21.0. The molecule has 15 rings (SSSR count). The van der Waals surface area contributed by atoms with Gasteiger partial charge >= 0.3 is 0 Å². The highest BCUT2D eigenvalue weighted by atomic mass is 15.2. The van der Waals surface area contributed by atoms with Gasteiger partial charge in [-0.1, -0.05) is 231 Å². The maximum absolute atomic E-state index is 2.52. The first kappa shape index (κ1) is 42.9. The van der Waals surface area contributed by atoms with E-state index in [2.05, 4.69) is 301 Å². The van der Waals surface area contributed by atoms with Crippen LogP contribution in [0, 0.1) is 0 Å². The van der Waals surface area contributed by atoms with Gasteiger partial charge in [0.25, 0.3) is 0 Å². The molecule has 1 atom stereocenters. The number of hydrogen-bond donors (Lipinski definition) is 0. The molecular formula is C73H48N2. The van der Waals surface area contributed by atoms with Crippen LogP contribution in [0.4, 0.5) is 34.1 Å². The van der Waals surface area contributed by atoms with Crippen LogP contribution < -0.4 is 9.80 Å². The molecule has 350 valence electrons. The van der Waals surface area contributed by atoms with Crippen LogP contribution in [0.1, 0.15) is 22.3 Å². The quantitative estimate of drug-likeness (QED) is 0.150. The first-order chi connectivity index (χ1) is 37.2. The predicted molar refractivity (Wildman–Crippen MR) is 315 cm³/mol. The molecule has 1 spiro atoms. The van der Waals surface area contributed by atoms with Crippen LogP contribution in [0.15, 0.2) is 291 Å². The van der Waals surface area contributed by atoms with E-state index in [1.54, 1.807) is 0 Å². The SMILES string of the molecule is c1ccc(-c2ccccc2N(c2ccc3c(c2)C2(c4ccccc4-c4ccc(N(c5ccccc5)c5ccc6ccccc6c5-c5ccc6ccccc6c5)cc42)c2ccccc2-3)c2cccc3ccccc23)cc1. The van der Waals surface area contributed by atoms with Gasteiger partial charge in [0.15, 0.2) is 0 Å². The van der Waals surface area contributed by atoms with Crippen LogP contribution in [0.25, 0.3) is 76.8 Å². The van der Waals surface area contributed by atoms with Crippen LogP contribution in [0.3, 0.4) is 0 Å². The Labute approximate surface area is 437 Å². The third kappa shape index (κ3) is 6.60. The van der Waals surface area contributed by atoms with Crippen molar-refractivity contribution in [1.82, 2.24) is 0 Å². The molecule has 13 aromatic rings. The van der Waals surface area contributed by atoms with Crippen molar-refractivity contribution in [2.45, 2.75) is 5.41 Å². The summed E-state index contributed by atoms with van der Waals surface area (Å²) in [6.07, 6.45) is 0. The molecule has 2 aliphatic rings. The fourth-order valence-corrected chi connectivity index (χ4v) is 12.8. The van der Waals surface area contributed by atoms with Gasteiger partial charge in [-0.3, -0.25) is 0 Å². The molecule has 0 bridgehead atoms. The number of para-hydroxylation sites is 2. The Kier molecular flexibility index (Phi) is 9.83. The van der Waals surface area contributed by atoms with Crippen molar-refractivity contribution in [3.8, 4) is 44.5 Å². The summed E-state index contributed by atoms with van der Waals surface area (Å²) in [5, 5.41) is 7.27. The first-order valence-electron chi connectivity index (χ1n) is 26.0. The molecule has 2 heteroatoms. The van der Waals surface area contributed by atoms with Crippen LogP contribution in [-0.2, 0) is 5.41 Å².